The van der Waals surface area contributed by atoms with Crippen LogP contribution in [0, 0.1) is 5.92 Å². The van der Waals surface area contributed by atoms with Gasteiger partial charge in [0.2, 0.25) is 0 Å². The van der Waals surface area contributed by atoms with Crippen LogP contribution in [0.4, 0.5) is 0 Å². The van der Waals surface area contributed by atoms with Crippen molar-refractivity contribution in [2.45, 2.75) is 18.9 Å². The van der Waals surface area contributed by atoms with Crippen LogP contribution in [0.15, 0.2) is 30.5 Å². The standard InChI is InChI=1S/C13H15NO/c1-15-14-9-8-10-4-2-3-5-12(10)13(14)11-6-7-11/h2-5,8-9,11,13H,6-7H2,1H3/t13-/m0/s1. The first-order chi connectivity index (χ1) is 7.40. The molecule has 1 fully saturated rings. The molecule has 0 unspecified atom stereocenters. The molecule has 15 heavy (non-hydrogen) atoms. The first-order valence-corrected chi connectivity index (χ1v) is 5.50. The van der Waals surface area contributed by atoms with Gasteiger partial charge in [-0.15, -0.1) is 0 Å². The molecule has 1 aliphatic heterocycles. The second-order valence-corrected chi connectivity index (χ2v) is 4.27. The predicted molar refractivity (Wildman–Crippen MR) is 59.8 cm³/mol. The third kappa shape index (κ3) is 1.45. The summed E-state index contributed by atoms with van der Waals surface area (Å²) in [6.07, 6.45) is 6.82. The molecule has 0 radical (unpaired) electrons. The summed E-state index contributed by atoms with van der Waals surface area (Å²) in [6, 6.07) is 9.02. The highest BCUT2D eigenvalue weighted by atomic mass is 16.7. The van der Waals surface area contributed by atoms with E-state index in [0.29, 0.717) is 6.04 Å². The van der Waals surface area contributed by atoms with Gasteiger partial charge >= 0.3 is 0 Å². The molecule has 3 rings (SSSR count). The van der Waals surface area contributed by atoms with E-state index in [2.05, 4.69) is 30.3 Å². The largest absolute Gasteiger partial charge is 0.277 e. The molecule has 1 aliphatic carbocycles. The molecular weight excluding hydrogens is 186 g/mol. The van der Waals surface area contributed by atoms with Gasteiger partial charge in [-0.3, -0.25) is 9.90 Å². The van der Waals surface area contributed by atoms with Gasteiger partial charge in [-0.25, -0.2) is 0 Å². The number of hydrogen-bond acceptors (Lipinski definition) is 2. The second kappa shape index (κ2) is 3.38. The lowest BCUT2D eigenvalue weighted by atomic mass is 9.94. The zero-order valence-electron chi connectivity index (χ0n) is 8.89. The maximum absolute atomic E-state index is 5.41. The minimum absolute atomic E-state index is 0.427. The van der Waals surface area contributed by atoms with Crippen molar-refractivity contribution in [2.75, 3.05) is 7.11 Å². The van der Waals surface area contributed by atoms with E-state index in [-0.39, 0.29) is 0 Å². The number of fused-ring (bicyclic) bond motifs is 1. The zero-order chi connectivity index (χ0) is 10.3. The third-order valence-corrected chi connectivity index (χ3v) is 3.27. The summed E-state index contributed by atoms with van der Waals surface area (Å²) >= 11 is 0. The SMILES string of the molecule is CON1C=Cc2ccccc2[C@@H]1C1CC1. The average Bonchev–Trinajstić information content (AvgIpc) is 3.11. The van der Waals surface area contributed by atoms with E-state index in [0.717, 1.165) is 5.92 Å². The van der Waals surface area contributed by atoms with Crippen LogP contribution < -0.4 is 0 Å². The maximum Gasteiger partial charge on any atom is 0.0842 e. The minimum atomic E-state index is 0.427. The number of rotatable bonds is 2. The van der Waals surface area contributed by atoms with Crippen LogP contribution in [0.25, 0.3) is 6.08 Å². The molecule has 0 aromatic heterocycles. The Kier molecular flexibility index (Phi) is 2.03. The van der Waals surface area contributed by atoms with Gasteiger partial charge in [-0.2, -0.15) is 0 Å². The first-order valence-electron chi connectivity index (χ1n) is 5.50. The zero-order valence-corrected chi connectivity index (χ0v) is 8.89. The van der Waals surface area contributed by atoms with E-state index >= 15 is 0 Å². The Morgan fingerprint density at radius 2 is 2.07 bits per heavy atom. The van der Waals surface area contributed by atoms with E-state index in [1.54, 1.807) is 7.11 Å². The normalized spacial score (nSPS) is 24.1. The fourth-order valence-corrected chi connectivity index (χ4v) is 2.36. The van der Waals surface area contributed by atoms with Gasteiger partial charge in [0.05, 0.1) is 13.2 Å². The summed E-state index contributed by atoms with van der Waals surface area (Å²) in [5.74, 6) is 0.774. The molecular formula is C13H15NO. The van der Waals surface area contributed by atoms with Crippen molar-refractivity contribution in [1.29, 1.82) is 0 Å². The third-order valence-electron chi connectivity index (χ3n) is 3.27. The summed E-state index contributed by atoms with van der Waals surface area (Å²) < 4.78 is 0. The van der Waals surface area contributed by atoms with Crippen LogP contribution in [-0.2, 0) is 4.84 Å². The van der Waals surface area contributed by atoms with Crippen LogP contribution in [0.5, 0.6) is 0 Å². The van der Waals surface area contributed by atoms with Crippen LogP contribution in [-0.4, -0.2) is 12.2 Å². The van der Waals surface area contributed by atoms with Gasteiger partial charge < -0.3 is 0 Å². The molecule has 1 saturated carbocycles. The van der Waals surface area contributed by atoms with Crippen LogP contribution in [0.2, 0.25) is 0 Å². The topological polar surface area (TPSA) is 12.5 Å². The maximum atomic E-state index is 5.41. The number of hydrogen-bond donors (Lipinski definition) is 0. The summed E-state index contributed by atoms with van der Waals surface area (Å²) in [4.78, 5) is 5.41. The molecule has 2 heteroatoms. The molecule has 0 saturated heterocycles. The van der Waals surface area contributed by atoms with Crippen molar-refractivity contribution in [3.05, 3.63) is 41.6 Å². The molecule has 0 spiro atoms. The highest BCUT2D eigenvalue weighted by molar-refractivity contribution is 5.57. The Balaban J connectivity index is 2.04. The lowest BCUT2D eigenvalue weighted by molar-refractivity contribution is -0.128. The van der Waals surface area contributed by atoms with Crippen LogP contribution in [0.1, 0.15) is 30.0 Å². The van der Waals surface area contributed by atoms with E-state index in [9.17, 15) is 0 Å². The molecule has 0 N–H and O–H groups in total. The van der Waals surface area contributed by atoms with Gasteiger partial charge in [0.25, 0.3) is 0 Å². The molecule has 1 heterocycles. The smallest absolute Gasteiger partial charge is 0.0842 e. The molecule has 0 amide bonds. The van der Waals surface area contributed by atoms with Crippen LogP contribution >= 0.6 is 0 Å². The van der Waals surface area contributed by atoms with Crippen molar-refractivity contribution < 1.29 is 4.84 Å². The Morgan fingerprint density at radius 1 is 1.27 bits per heavy atom. The summed E-state index contributed by atoms with van der Waals surface area (Å²) in [7, 11) is 1.74. The van der Waals surface area contributed by atoms with Crippen LogP contribution in [0.3, 0.4) is 0 Å². The van der Waals surface area contributed by atoms with E-state index in [4.69, 9.17) is 4.84 Å². The van der Waals surface area contributed by atoms with Gasteiger partial charge in [0, 0.05) is 6.20 Å². The lowest BCUT2D eigenvalue weighted by Gasteiger charge is -2.32. The van der Waals surface area contributed by atoms with Crippen molar-refractivity contribution in [3.63, 3.8) is 0 Å². The predicted octanol–water partition coefficient (Wildman–Crippen LogP) is 2.99. The van der Waals surface area contributed by atoms with Gasteiger partial charge in [-0.05, 0) is 36.0 Å². The highest BCUT2D eigenvalue weighted by Crippen LogP contribution is 2.47. The van der Waals surface area contributed by atoms with Gasteiger partial charge in [0.15, 0.2) is 0 Å². The Morgan fingerprint density at radius 3 is 2.80 bits per heavy atom. The summed E-state index contributed by atoms with van der Waals surface area (Å²) in [5, 5.41) is 1.99. The molecule has 1 aromatic rings. The Bertz CT molecular complexity index is 395. The Labute approximate surface area is 90.1 Å². The van der Waals surface area contributed by atoms with Gasteiger partial charge in [-0.1, -0.05) is 24.3 Å². The number of nitrogens with zero attached hydrogens (tertiary/aromatic N) is 1. The number of hydroxylamine groups is 2. The van der Waals surface area contributed by atoms with E-state index in [1.165, 1.54) is 24.0 Å². The molecule has 0 bridgehead atoms. The first kappa shape index (κ1) is 8.98. The van der Waals surface area contributed by atoms with E-state index < -0.39 is 0 Å². The number of benzene rings is 1. The lowest BCUT2D eigenvalue weighted by Crippen LogP contribution is -2.27. The summed E-state index contributed by atoms with van der Waals surface area (Å²) in [6.45, 7) is 0. The summed E-state index contributed by atoms with van der Waals surface area (Å²) in [5.41, 5.74) is 2.74. The molecule has 2 aliphatic rings. The quantitative estimate of drug-likeness (QED) is 0.729. The molecule has 78 valence electrons. The van der Waals surface area contributed by atoms with Crippen molar-refractivity contribution >= 4 is 6.08 Å². The molecule has 1 aromatic carbocycles. The van der Waals surface area contributed by atoms with Crippen molar-refractivity contribution in [3.8, 4) is 0 Å². The fraction of sp³-hybridized carbons (Fsp3) is 0.385. The van der Waals surface area contributed by atoms with Crippen molar-refractivity contribution in [1.82, 2.24) is 5.06 Å². The Hall–Kier alpha value is -1.28. The van der Waals surface area contributed by atoms with Gasteiger partial charge in [0.1, 0.15) is 0 Å². The second-order valence-electron chi connectivity index (χ2n) is 4.27. The minimum Gasteiger partial charge on any atom is -0.277 e. The monoisotopic (exact) mass is 201 g/mol. The molecule has 1 atom stereocenters. The van der Waals surface area contributed by atoms with E-state index in [1.807, 2.05) is 11.3 Å². The fourth-order valence-electron chi connectivity index (χ4n) is 2.36. The molecule has 2 nitrogen and oxygen atoms in total. The highest BCUT2D eigenvalue weighted by Gasteiger charge is 2.38. The average molecular weight is 201 g/mol. The van der Waals surface area contributed by atoms with Crippen molar-refractivity contribution in [2.24, 2.45) is 5.92 Å².